The molecule has 0 radical (unpaired) electrons. The van der Waals surface area contributed by atoms with E-state index in [2.05, 4.69) is 0 Å². The molecule has 0 saturated heterocycles. The molecule has 0 heterocycles. The van der Waals surface area contributed by atoms with Gasteiger partial charge in [-0.05, 0) is 0 Å². The Balaban J connectivity index is -0.000000269. The number of rotatable bonds is 20. The number of hydrogen-bond acceptors (Lipinski definition) is 24. The molecule has 0 aliphatic carbocycles. The Hall–Kier alpha value is -2.12. The lowest BCUT2D eigenvalue weighted by atomic mass is 10.0. The summed E-state index contributed by atoms with van der Waals surface area (Å²) in [6.07, 6.45) is -27.4. The fraction of sp³-hybridized carbons (Fsp3) is 0.833. The summed E-state index contributed by atoms with van der Waals surface area (Å²) in [4.78, 5) is 39.6. The van der Waals surface area contributed by atoms with Gasteiger partial charge in [-0.25, -0.2) is 0 Å². The van der Waals surface area contributed by atoms with Crippen molar-refractivity contribution >= 4 is 25.1 Å². The molecule has 16 unspecified atom stereocenters. The van der Waals surface area contributed by atoms with Gasteiger partial charge < -0.3 is 121 Å². The predicted octanol–water partition coefficient (Wildman–Crippen LogP) is -13.5. The minimum atomic E-state index is -1.79. The van der Waals surface area contributed by atoms with Gasteiger partial charge in [-0.3, -0.25) is 0 Å². The first-order valence-electron chi connectivity index (χ1n) is 13.3. The van der Waals surface area contributed by atoms with Crippen LogP contribution in [0.1, 0.15) is 0 Å². The zero-order chi connectivity index (χ0) is 38.9. The van der Waals surface area contributed by atoms with Crippen molar-refractivity contribution in [1.29, 1.82) is 0 Å². The van der Waals surface area contributed by atoms with Crippen LogP contribution in [0.4, 0.5) is 0 Å². The zero-order valence-corrected chi connectivity index (χ0v) is 25.0. The molecule has 0 rings (SSSR count). The molecule has 24 heteroatoms. The molecule has 48 heavy (non-hydrogen) atoms. The van der Waals surface area contributed by atoms with Gasteiger partial charge in [0.15, 0.2) is 25.1 Å². The summed E-state index contributed by atoms with van der Waals surface area (Å²) in [5.41, 5.74) is 0. The third-order valence-corrected chi connectivity index (χ3v) is 5.68. The van der Waals surface area contributed by atoms with E-state index in [1.807, 2.05) is 0 Å². The third-order valence-electron chi connectivity index (χ3n) is 5.68. The van der Waals surface area contributed by atoms with E-state index < -0.39 is 124 Å². The largest absolute Gasteiger partial charge is 0.394 e. The minimum absolute atomic E-state index is 0.0258. The van der Waals surface area contributed by atoms with Gasteiger partial charge in [-0.1, -0.05) is 0 Å². The Morgan fingerprint density at radius 2 is 0.396 bits per heavy atom. The molecule has 24 nitrogen and oxygen atoms in total. The van der Waals surface area contributed by atoms with E-state index in [1.165, 1.54) is 0 Å². The molecular formula is C24H48O24. The van der Waals surface area contributed by atoms with Crippen LogP contribution in [0.2, 0.25) is 0 Å². The second-order valence-corrected chi connectivity index (χ2v) is 9.43. The average Bonchev–Trinajstić information content (AvgIpc) is 3.12. The number of aliphatic hydroxyl groups is 20. The predicted molar refractivity (Wildman–Crippen MR) is 149 cm³/mol. The first-order chi connectivity index (χ1) is 22.2. The van der Waals surface area contributed by atoms with Gasteiger partial charge in [0.05, 0.1) is 26.4 Å². The van der Waals surface area contributed by atoms with Crippen LogP contribution in [0.5, 0.6) is 0 Å². The van der Waals surface area contributed by atoms with Crippen LogP contribution in [0.15, 0.2) is 0 Å². The zero-order valence-electron chi connectivity index (χ0n) is 25.0. The highest BCUT2D eigenvalue weighted by molar-refractivity contribution is 5.57. The number of aliphatic hydroxyl groups excluding tert-OH is 20. The lowest BCUT2D eigenvalue weighted by Gasteiger charge is -2.22. The summed E-state index contributed by atoms with van der Waals surface area (Å²) in [6.45, 7) is -3.04. The monoisotopic (exact) mass is 720 g/mol. The van der Waals surface area contributed by atoms with Crippen molar-refractivity contribution < 1.29 is 121 Å². The smallest absolute Gasteiger partial charge is 0.151 e. The van der Waals surface area contributed by atoms with Crippen molar-refractivity contribution in [2.75, 3.05) is 26.4 Å². The van der Waals surface area contributed by atoms with Crippen LogP contribution in [0.3, 0.4) is 0 Å². The van der Waals surface area contributed by atoms with Gasteiger partial charge in [0.2, 0.25) is 0 Å². The quantitative estimate of drug-likeness (QED) is 0.0519. The van der Waals surface area contributed by atoms with Crippen LogP contribution in [0, 0.1) is 0 Å². The molecule has 16 atom stereocenters. The maximum Gasteiger partial charge on any atom is 0.151 e. The molecule has 0 spiro atoms. The SMILES string of the molecule is O=CC(O)C(O)C(O)C(O)CO.O=CC(O)C(O)C(O)C(O)CO.O=CC(O)C(O)C(O)C(O)CO.O=CC(O)C(O)C(O)C(O)CO. The summed E-state index contributed by atoms with van der Waals surface area (Å²) in [5, 5.41) is 174. The third kappa shape index (κ3) is 21.1. The maximum atomic E-state index is 9.90. The highest BCUT2D eigenvalue weighted by Gasteiger charge is 2.32. The van der Waals surface area contributed by atoms with Crippen molar-refractivity contribution in [3.8, 4) is 0 Å². The van der Waals surface area contributed by atoms with Gasteiger partial charge in [-0.15, -0.1) is 0 Å². The van der Waals surface area contributed by atoms with Gasteiger partial charge in [0, 0.05) is 0 Å². The van der Waals surface area contributed by atoms with E-state index in [-0.39, 0.29) is 25.1 Å². The molecule has 0 bridgehead atoms. The van der Waals surface area contributed by atoms with E-state index in [0.717, 1.165) is 0 Å². The summed E-state index contributed by atoms with van der Waals surface area (Å²) in [7, 11) is 0. The first-order valence-corrected chi connectivity index (χ1v) is 13.3. The maximum absolute atomic E-state index is 9.90. The molecule has 288 valence electrons. The van der Waals surface area contributed by atoms with Gasteiger partial charge in [-0.2, -0.15) is 0 Å². The fourth-order valence-corrected chi connectivity index (χ4v) is 2.47. The van der Waals surface area contributed by atoms with E-state index >= 15 is 0 Å². The molecule has 0 aromatic carbocycles. The van der Waals surface area contributed by atoms with Crippen LogP contribution < -0.4 is 0 Å². The summed E-state index contributed by atoms with van der Waals surface area (Å²) >= 11 is 0. The van der Waals surface area contributed by atoms with Crippen molar-refractivity contribution in [1.82, 2.24) is 0 Å². The molecule has 20 N–H and O–H groups in total. The summed E-state index contributed by atoms with van der Waals surface area (Å²) in [5.74, 6) is 0. The van der Waals surface area contributed by atoms with E-state index in [4.69, 9.17) is 102 Å². The van der Waals surface area contributed by atoms with Crippen molar-refractivity contribution in [3.63, 3.8) is 0 Å². The van der Waals surface area contributed by atoms with Gasteiger partial charge >= 0.3 is 0 Å². The Morgan fingerprint density at radius 3 is 0.479 bits per heavy atom. The molecule has 0 amide bonds. The van der Waals surface area contributed by atoms with Crippen LogP contribution in [-0.2, 0) is 19.2 Å². The van der Waals surface area contributed by atoms with Gasteiger partial charge in [0.1, 0.15) is 97.7 Å². The number of hydrogen-bond donors (Lipinski definition) is 20. The Labute approximate surface area is 271 Å². The molecule has 0 aromatic heterocycles. The minimum Gasteiger partial charge on any atom is -0.394 e. The number of carbonyl (C=O) groups excluding carboxylic acids is 4. The second kappa shape index (κ2) is 29.8. The summed E-state index contributed by atoms with van der Waals surface area (Å²) in [6, 6.07) is 0. The van der Waals surface area contributed by atoms with Crippen molar-refractivity contribution in [2.45, 2.75) is 97.7 Å². The summed E-state index contributed by atoms with van der Waals surface area (Å²) < 4.78 is 0. The fourth-order valence-electron chi connectivity index (χ4n) is 2.47. The first kappa shape index (κ1) is 52.7. The van der Waals surface area contributed by atoms with Crippen LogP contribution >= 0.6 is 0 Å². The lowest BCUT2D eigenvalue weighted by molar-refractivity contribution is -0.136. The van der Waals surface area contributed by atoms with E-state index in [0.29, 0.717) is 0 Å². The highest BCUT2D eigenvalue weighted by atomic mass is 16.4. The van der Waals surface area contributed by atoms with Crippen molar-refractivity contribution in [3.05, 3.63) is 0 Å². The Kier molecular flexibility index (Phi) is 32.7. The molecule has 0 aromatic rings. The highest BCUT2D eigenvalue weighted by Crippen LogP contribution is 2.05. The molecule has 0 saturated carbocycles. The lowest BCUT2D eigenvalue weighted by Crippen LogP contribution is -2.46. The molecule has 0 aliphatic rings. The van der Waals surface area contributed by atoms with Crippen molar-refractivity contribution in [2.24, 2.45) is 0 Å². The topological polar surface area (TPSA) is 473 Å². The standard InChI is InChI=1S/4C6H12O6/c4*7-1-3(9)5(11)6(12)4(10)2-8/h4*1,3-6,8-12H,2H2. The molecular weight excluding hydrogens is 672 g/mol. The Bertz CT molecular complexity index is 680. The van der Waals surface area contributed by atoms with Crippen LogP contribution in [-0.4, -0.2) is 251 Å². The number of carbonyl (C=O) groups is 4. The van der Waals surface area contributed by atoms with Gasteiger partial charge in [0.25, 0.3) is 0 Å². The second-order valence-electron chi connectivity index (χ2n) is 9.43. The number of aldehydes is 4. The van der Waals surface area contributed by atoms with E-state index in [1.54, 1.807) is 0 Å². The Morgan fingerprint density at radius 1 is 0.271 bits per heavy atom. The molecule has 0 fully saturated rings. The normalized spacial score (nSPS) is 21.1. The van der Waals surface area contributed by atoms with E-state index in [9.17, 15) is 19.2 Å². The average molecular weight is 721 g/mol. The van der Waals surface area contributed by atoms with Crippen LogP contribution in [0.25, 0.3) is 0 Å². The molecule has 0 aliphatic heterocycles.